The summed E-state index contributed by atoms with van der Waals surface area (Å²) >= 11 is 2.52. The fourth-order valence-corrected chi connectivity index (χ4v) is 2.10. The van der Waals surface area contributed by atoms with E-state index in [9.17, 15) is 14.4 Å². The SMILES string of the molecule is CSCC[C@H](OC(=O)[C@H](C)CSC(C)=O)C(=O)O. The third-order valence-corrected chi connectivity index (χ3v) is 3.77. The summed E-state index contributed by atoms with van der Waals surface area (Å²) < 4.78 is 4.93. The van der Waals surface area contributed by atoms with Gasteiger partial charge in [-0.3, -0.25) is 9.59 Å². The van der Waals surface area contributed by atoms with E-state index in [1.807, 2.05) is 6.26 Å². The normalized spacial score (nSPS) is 13.7. The maximum atomic E-state index is 11.6. The number of thioether (sulfide) groups is 2. The Bertz CT molecular complexity index is 306. The van der Waals surface area contributed by atoms with Gasteiger partial charge >= 0.3 is 11.9 Å². The first-order valence-electron chi connectivity index (χ1n) is 5.44. The van der Waals surface area contributed by atoms with E-state index in [0.29, 0.717) is 11.5 Å². The van der Waals surface area contributed by atoms with Crippen LogP contribution in [0.25, 0.3) is 0 Å². The van der Waals surface area contributed by atoms with E-state index in [2.05, 4.69) is 0 Å². The Labute approximate surface area is 115 Å². The molecule has 5 nitrogen and oxygen atoms in total. The fraction of sp³-hybridized carbons (Fsp3) is 0.727. The van der Waals surface area contributed by atoms with Gasteiger partial charge in [-0.15, -0.1) is 0 Å². The predicted octanol–water partition coefficient (Wildman–Crippen LogP) is 1.65. The van der Waals surface area contributed by atoms with Crippen molar-refractivity contribution in [3.8, 4) is 0 Å². The zero-order valence-electron chi connectivity index (χ0n) is 10.7. The van der Waals surface area contributed by atoms with Gasteiger partial charge in [0.25, 0.3) is 0 Å². The van der Waals surface area contributed by atoms with Crippen LogP contribution in [-0.2, 0) is 19.1 Å². The van der Waals surface area contributed by atoms with Crippen molar-refractivity contribution in [2.45, 2.75) is 26.4 Å². The summed E-state index contributed by atoms with van der Waals surface area (Å²) in [6, 6.07) is 0. The van der Waals surface area contributed by atoms with Crippen LogP contribution in [0.5, 0.6) is 0 Å². The smallest absolute Gasteiger partial charge is 0.345 e. The van der Waals surface area contributed by atoms with Gasteiger partial charge in [0.1, 0.15) is 0 Å². The van der Waals surface area contributed by atoms with Crippen LogP contribution in [0.15, 0.2) is 0 Å². The molecule has 0 spiro atoms. The highest BCUT2D eigenvalue weighted by Crippen LogP contribution is 2.13. The lowest BCUT2D eigenvalue weighted by atomic mass is 10.2. The first-order valence-corrected chi connectivity index (χ1v) is 7.82. The lowest BCUT2D eigenvalue weighted by Crippen LogP contribution is -2.30. The molecule has 0 rings (SSSR count). The van der Waals surface area contributed by atoms with Gasteiger partial charge in [0, 0.05) is 19.1 Å². The molecule has 0 radical (unpaired) electrons. The molecule has 0 aliphatic rings. The molecule has 0 aromatic carbocycles. The van der Waals surface area contributed by atoms with Crippen LogP contribution in [0.4, 0.5) is 0 Å². The number of carbonyl (C=O) groups is 3. The Kier molecular flexibility index (Phi) is 8.91. The van der Waals surface area contributed by atoms with Crippen molar-refractivity contribution in [3.05, 3.63) is 0 Å². The molecule has 0 amide bonds. The van der Waals surface area contributed by atoms with Gasteiger partial charge in [-0.25, -0.2) is 4.79 Å². The van der Waals surface area contributed by atoms with Crippen molar-refractivity contribution >= 4 is 40.6 Å². The van der Waals surface area contributed by atoms with Crippen molar-refractivity contribution < 1.29 is 24.2 Å². The van der Waals surface area contributed by atoms with Crippen LogP contribution in [0.2, 0.25) is 0 Å². The predicted molar refractivity (Wildman–Crippen MR) is 72.8 cm³/mol. The highest BCUT2D eigenvalue weighted by molar-refractivity contribution is 8.13. The number of carboxylic acid groups (broad SMARTS) is 1. The molecule has 1 N–H and O–H groups in total. The van der Waals surface area contributed by atoms with E-state index in [4.69, 9.17) is 9.84 Å². The molecular weight excluding hydrogens is 276 g/mol. The number of carboxylic acids is 1. The van der Waals surface area contributed by atoms with Crippen LogP contribution in [0, 0.1) is 5.92 Å². The first-order chi connectivity index (χ1) is 8.38. The summed E-state index contributed by atoms with van der Waals surface area (Å²) in [5.41, 5.74) is 0. The molecule has 104 valence electrons. The molecule has 0 bridgehead atoms. The molecular formula is C11H18O5S2. The third-order valence-electron chi connectivity index (χ3n) is 2.06. The Hall–Kier alpha value is -0.690. The summed E-state index contributed by atoms with van der Waals surface area (Å²) in [5, 5.41) is 8.83. The van der Waals surface area contributed by atoms with E-state index in [1.54, 1.807) is 6.92 Å². The Morgan fingerprint density at radius 1 is 1.33 bits per heavy atom. The summed E-state index contributed by atoms with van der Waals surface area (Å²) in [4.78, 5) is 33.3. The van der Waals surface area contributed by atoms with Gasteiger partial charge in [0.05, 0.1) is 5.92 Å². The molecule has 0 aliphatic carbocycles. The van der Waals surface area contributed by atoms with Gasteiger partial charge in [-0.05, 0) is 12.0 Å². The zero-order valence-corrected chi connectivity index (χ0v) is 12.3. The molecule has 0 aliphatic heterocycles. The van der Waals surface area contributed by atoms with E-state index >= 15 is 0 Å². The van der Waals surface area contributed by atoms with Crippen molar-refractivity contribution in [2.24, 2.45) is 5.92 Å². The average molecular weight is 294 g/mol. The van der Waals surface area contributed by atoms with Crippen LogP contribution in [-0.4, -0.2) is 46.0 Å². The van der Waals surface area contributed by atoms with Crippen LogP contribution in [0.3, 0.4) is 0 Å². The number of ether oxygens (including phenoxy) is 1. The van der Waals surface area contributed by atoms with Crippen LogP contribution >= 0.6 is 23.5 Å². The molecule has 0 saturated carbocycles. The molecule has 2 atom stereocenters. The largest absolute Gasteiger partial charge is 0.479 e. The second-order valence-electron chi connectivity index (χ2n) is 3.75. The number of esters is 1. The highest BCUT2D eigenvalue weighted by Gasteiger charge is 2.25. The Morgan fingerprint density at radius 3 is 2.39 bits per heavy atom. The molecule has 0 unspecified atom stereocenters. The number of aliphatic carboxylic acids is 1. The van der Waals surface area contributed by atoms with Crippen molar-refractivity contribution in [2.75, 3.05) is 17.8 Å². The monoisotopic (exact) mass is 294 g/mol. The molecule has 0 heterocycles. The second kappa shape index (κ2) is 9.27. The van der Waals surface area contributed by atoms with E-state index in [1.165, 1.54) is 18.7 Å². The van der Waals surface area contributed by atoms with E-state index in [-0.39, 0.29) is 11.5 Å². The molecule has 0 saturated heterocycles. The van der Waals surface area contributed by atoms with Crippen LogP contribution in [0.1, 0.15) is 20.3 Å². The summed E-state index contributed by atoms with van der Waals surface area (Å²) in [7, 11) is 0. The van der Waals surface area contributed by atoms with Gasteiger partial charge in [-0.2, -0.15) is 11.8 Å². The summed E-state index contributed by atoms with van der Waals surface area (Å²) in [5.74, 6) is -1.28. The third kappa shape index (κ3) is 7.60. The van der Waals surface area contributed by atoms with Gasteiger partial charge in [0.15, 0.2) is 11.2 Å². The van der Waals surface area contributed by atoms with Gasteiger partial charge < -0.3 is 9.84 Å². The Morgan fingerprint density at radius 2 is 1.94 bits per heavy atom. The minimum Gasteiger partial charge on any atom is -0.479 e. The first kappa shape index (κ1) is 17.3. The minimum atomic E-state index is -1.14. The number of rotatable bonds is 8. The van der Waals surface area contributed by atoms with E-state index in [0.717, 1.165) is 11.8 Å². The second-order valence-corrected chi connectivity index (χ2v) is 5.93. The molecule has 0 aromatic rings. The number of carbonyl (C=O) groups excluding carboxylic acids is 2. The maximum Gasteiger partial charge on any atom is 0.345 e. The van der Waals surface area contributed by atoms with Crippen molar-refractivity contribution in [3.63, 3.8) is 0 Å². The summed E-state index contributed by atoms with van der Waals surface area (Å²) in [6.45, 7) is 3.03. The zero-order chi connectivity index (χ0) is 14.1. The number of hydrogen-bond donors (Lipinski definition) is 1. The molecule has 7 heteroatoms. The average Bonchev–Trinajstić information content (AvgIpc) is 2.30. The Balaban J connectivity index is 4.22. The topological polar surface area (TPSA) is 80.7 Å². The summed E-state index contributed by atoms with van der Waals surface area (Å²) in [6.07, 6.45) is 1.04. The van der Waals surface area contributed by atoms with Crippen molar-refractivity contribution in [1.82, 2.24) is 0 Å². The minimum absolute atomic E-state index is 0.0770. The van der Waals surface area contributed by atoms with Crippen LogP contribution < -0.4 is 0 Å². The lowest BCUT2D eigenvalue weighted by Gasteiger charge is -2.16. The van der Waals surface area contributed by atoms with Gasteiger partial charge in [-0.1, -0.05) is 18.7 Å². The molecule has 0 aromatic heterocycles. The maximum absolute atomic E-state index is 11.6. The fourth-order valence-electron chi connectivity index (χ4n) is 1.02. The van der Waals surface area contributed by atoms with Gasteiger partial charge in [0.2, 0.25) is 0 Å². The standard InChI is InChI=1S/C11H18O5S2/c1-7(6-18-8(2)12)11(15)16-9(10(13)14)4-5-17-3/h7,9H,4-6H2,1-3H3,(H,13,14)/t7-,9+/m1/s1. The molecule has 18 heavy (non-hydrogen) atoms. The lowest BCUT2D eigenvalue weighted by molar-refractivity contribution is -0.166. The molecule has 0 fully saturated rings. The van der Waals surface area contributed by atoms with Crippen molar-refractivity contribution in [1.29, 1.82) is 0 Å². The highest BCUT2D eigenvalue weighted by atomic mass is 32.2. The van der Waals surface area contributed by atoms with E-state index < -0.39 is 24.0 Å². The number of hydrogen-bond acceptors (Lipinski definition) is 6. The quantitative estimate of drug-likeness (QED) is 0.682.